The molecule has 50 heavy (non-hydrogen) atoms. The molecule has 4 fully saturated rings. The molecule has 1 heterocycles. The summed E-state index contributed by atoms with van der Waals surface area (Å²) in [5, 5.41) is 21.1. The number of benzene rings is 1. The Bertz CT molecular complexity index is 1600. The Morgan fingerprint density at radius 3 is 2.60 bits per heavy atom. The lowest BCUT2D eigenvalue weighted by Gasteiger charge is -2.59. The van der Waals surface area contributed by atoms with Gasteiger partial charge in [0.05, 0.1) is 17.8 Å². The number of Topliss-reactive ketones (excluding diaryl/α,β-unsaturated/α-hetero) is 1. The minimum Gasteiger partial charge on any atom is -0.454 e. The molecule has 0 spiro atoms. The molecule has 3 saturated carbocycles. The van der Waals surface area contributed by atoms with Gasteiger partial charge in [0.15, 0.2) is 24.3 Å². The predicted molar refractivity (Wildman–Crippen MR) is 171 cm³/mol. The van der Waals surface area contributed by atoms with Crippen LogP contribution in [-0.2, 0) is 44.7 Å². The van der Waals surface area contributed by atoms with Crippen molar-refractivity contribution in [3.8, 4) is 0 Å². The zero-order valence-electron chi connectivity index (χ0n) is 28.5. The van der Waals surface area contributed by atoms with E-state index in [-0.39, 0.29) is 35.7 Å². The van der Waals surface area contributed by atoms with E-state index in [0.717, 1.165) is 31.8 Å². The number of hydrogen-bond donors (Lipinski definition) is 1. The van der Waals surface area contributed by atoms with Crippen molar-refractivity contribution in [3.63, 3.8) is 0 Å². The summed E-state index contributed by atoms with van der Waals surface area (Å²) >= 11 is 0. The molecule has 1 N–H and O–H groups in total. The Labute approximate surface area is 289 Å². The van der Waals surface area contributed by atoms with Crippen LogP contribution in [0.1, 0.15) is 82.1 Å². The second kappa shape index (κ2) is 13.5. The third-order valence-electron chi connectivity index (χ3n) is 11.6. The molecular formula is C36H43NO13. The minimum absolute atomic E-state index is 0.0108. The first kappa shape index (κ1) is 35.7. The number of esters is 1. The van der Waals surface area contributed by atoms with Gasteiger partial charge in [-0.3, -0.25) is 14.4 Å². The van der Waals surface area contributed by atoms with E-state index in [2.05, 4.69) is 16.5 Å². The zero-order chi connectivity index (χ0) is 36.0. The molecule has 270 valence electrons. The van der Waals surface area contributed by atoms with E-state index in [0.29, 0.717) is 24.8 Å². The normalized spacial score (nSPS) is 35.8. The molecule has 0 bridgehead atoms. The number of allylic oxidation sites excluding steroid dienone is 4. The lowest BCUT2D eigenvalue weighted by Crippen LogP contribution is -2.63. The zero-order valence-corrected chi connectivity index (χ0v) is 28.5. The summed E-state index contributed by atoms with van der Waals surface area (Å²) in [6, 6.07) is 5.94. The predicted octanol–water partition coefficient (Wildman–Crippen LogP) is 4.79. The molecule has 5 aliphatic rings. The Morgan fingerprint density at radius 2 is 1.90 bits per heavy atom. The minimum atomic E-state index is -1.45. The molecule has 14 nitrogen and oxygen atoms in total. The van der Waals surface area contributed by atoms with Gasteiger partial charge in [-0.1, -0.05) is 51.0 Å². The standard InChI is InChI=1S/C36H43NO13/c1-5-6-30-48-29-16-26-25-12-11-23-15-24(38)13-14-34(23,3)31(25)27(39)17-35(26,4)36(29,49-30)28(40)19-45-32(41)22-9-7-21(8-10-22)18-46-33(42)47-20(2)50-37(43)44/h7-10,13-15,20,25-27,29-31,39H,5-6,11-12,16-19H2,1-4H3/t20?,25?,26?,27-,29-,30?,31?,34-,35-,36+/m0/s1. The average molecular weight is 698 g/mol. The number of ether oxygens (including phenoxy) is 5. The molecule has 0 amide bonds. The fourth-order valence-corrected chi connectivity index (χ4v) is 9.52. The molecule has 10 atom stereocenters. The number of hydrogen-bond acceptors (Lipinski definition) is 13. The number of fused-ring (bicyclic) bond motifs is 7. The second-order valence-corrected chi connectivity index (χ2v) is 14.4. The highest BCUT2D eigenvalue weighted by atomic mass is 17.0. The summed E-state index contributed by atoms with van der Waals surface area (Å²) in [5.41, 5.74) is -0.997. The van der Waals surface area contributed by atoms with Gasteiger partial charge in [-0.2, -0.15) is 0 Å². The van der Waals surface area contributed by atoms with Crippen LogP contribution in [0.2, 0.25) is 0 Å². The monoisotopic (exact) mass is 697 g/mol. The number of aliphatic hydroxyl groups is 1. The van der Waals surface area contributed by atoms with Gasteiger partial charge in [0, 0.05) is 16.7 Å². The van der Waals surface area contributed by atoms with E-state index in [1.165, 1.54) is 24.3 Å². The van der Waals surface area contributed by atoms with E-state index < -0.39 is 70.8 Å². The van der Waals surface area contributed by atoms with E-state index in [1.807, 2.05) is 19.9 Å². The van der Waals surface area contributed by atoms with Gasteiger partial charge < -0.3 is 28.8 Å². The summed E-state index contributed by atoms with van der Waals surface area (Å²) in [7, 11) is 0. The third kappa shape index (κ3) is 6.11. The Balaban J connectivity index is 1.15. The van der Waals surface area contributed by atoms with Crippen molar-refractivity contribution in [1.82, 2.24) is 0 Å². The number of rotatable bonds is 11. The van der Waals surface area contributed by atoms with Gasteiger partial charge >= 0.3 is 12.1 Å². The number of carbonyl (C=O) groups is 4. The van der Waals surface area contributed by atoms with Crippen LogP contribution in [0.3, 0.4) is 0 Å². The van der Waals surface area contributed by atoms with Gasteiger partial charge in [-0.25, -0.2) is 9.59 Å². The van der Waals surface area contributed by atoms with Gasteiger partial charge in [0.25, 0.3) is 5.09 Å². The first-order chi connectivity index (χ1) is 23.7. The summed E-state index contributed by atoms with van der Waals surface area (Å²) in [4.78, 5) is 65.9. The molecule has 1 saturated heterocycles. The van der Waals surface area contributed by atoms with Gasteiger partial charge in [0.1, 0.15) is 6.61 Å². The maximum absolute atomic E-state index is 14.4. The van der Waals surface area contributed by atoms with E-state index in [4.69, 9.17) is 18.9 Å². The van der Waals surface area contributed by atoms with Crippen molar-refractivity contribution in [2.75, 3.05) is 6.61 Å². The van der Waals surface area contributed by atoms with Crippen LogP contribution in [0.15, 0.2) is 48.1 Å². The Morgan fingerprint density at radius 1 is 1.16 bits per heavy atom. The molecular weight excluding hydrogens is 654 g/mol. The summed E-state index contributed by atoms with van der Waals surface area (Å²) in [5.74, 6) is -1.27. The molecule has 5 unspecified atom stereocenters. The van der Waals surface area contributed by atoms with Crippen molar-refractivity contribution in [2.24, 2.45) is 28.6 Å². The largest absolute Gasteiger partial charge is 0.510 e. The summed E-state index contributed by atoms with van der Waals surface area (Å²) < 4.78 is 28.2. The van der Waals surface area contributed by atoms with Crippen LogP contribution in [0.4, 0.5) is 4.79 Å². The maximum Gasteiger partial charge on any atom is 0.510 e. The highest BCUT2D eigenvalue weighted by Gasteiger charge is 2.75. The quantitative estimate of drug-likeness (QED) is 0.144. The van der Waals surface area contributed by atoms with Crippen molar-refractivity contribution >= 4 is 23.7 Å². The topological polar surface area (TPSA) is 187 Å². The first-order valence-electron chi connectivity index (χ1n) is 17.1. The Kier molecular flexibility index (Phi) is 9.66. The average Bonchev–Trinajstić information content (AvgIpc) is 3.54. The lowest BCUT2D eigenvalue weighted by molar-refractivity contribution is -0.777. The molecule has 14 heteroatoms. The van der Waals surface area contributed by atoms with Gasteiger partial charge in [0.2, 0.25) is 12.1 Å². The molecule has 4 aliphatic carbocycles. The fourth-order valence-electron chi connectivity index (χ4n) is 9.52. The maximum atomic E-state index is 14.4. The van der Waals surface area contributed by atoms with Gasteiger partial charge in [-0.05, 0) is 80.7 Å². The molecule has 6 rings (SSSR count). The number of nitrogens with zero attached hydrogens (tertiary/aromatic N) is 1. The molecule has 1 aromatic carbocycles. The highest BCUT2D eigenvalue weighted by molar-refractivity contribution is 6.01. The molecule has 0 radical (unpaired) electrons. The van der Waals surface area contributed by atoms with Crippen LogP contribution in [0.25, 0.3) is 0 Å². The molecule has 1 aromatic rings. The van der Waals surface area contributed by atoms with Crippen molar-refractivity contribution in [1.29, 1.82) is 0 Å². The first-order valence-corrected chi connectivity index (χ1v) is 17.1. The summed E-state index contributed by atoms with van der Waals surface area (Å²) in [6.45, 7) is 6.47. The number of ketones is 2. The van der Waals surface area contributed by atoms with E-state index >= 15 is 0 Å². The number of carbonyl (C=O) groups excluding carboxylic acids is 4. The van der Waals surface area contributed by atoms with Crippen molar-refractivity contribution < 1.29 is 57.9 Å². The fraction of sp³-hybridized carbons (Fsp3) is 0.611. The van der Waals surface area contributed by atoms with Crippen LogP contribution in [-0.4, -0.2) is 70.9 Å². The van der Waals surface area contributed by atoms with Crippen LogP contribution in [0, 0.1) is 38.7 Å². The SMILES string of the molecule is CCCC1O[C@H]2CC3C4CCC5=CC(=O)C=C[C@]5(C)C4[C@@H](O)C[C@]3(C)[C@]2(C(=O)COC(=O)c2ccc(COC(=O)OC(C)O[N+](=O)[O-])cc2)O1. The molecule has 1 aliphatic heterocycles. The lowest BCUT2D eigenvalue weighted by atomic mass is 9.46. The second-order valence-electron chi connectivity index (χ2n) is 14.4. The van der Waals surface area contributed by atoms with Gasteiger partial charge in [-0.15, -0.1) is 10.1 Å². The van der Waals surface area contributed by atoms with E-state index in [9.17, 15) is 34.4 Å². The van der Waals surface area contributed by atoms with Crippen molar-refractivity contribution in [2.45, 2.75) is 103 Å². The van der Waals surface area contributed by atoms with Crippen LogP contribution >= 0.6 is 0 Å². The smallest absolute Gasteiger partial charge is 0.454 e. The number of aliphatic hydroxyl groups excluding tert-OH is 1. The highest BCUT2D eigenvalue weighted by Crippen LogP contribution is 2.69. The Hall–Kier alpha value is -4.14. The van der Waals surface area contributed by atoms with Crippen LogP contribution < -0.4 is 0 Å². The van der Waals surface area contributed by atoms with E-state index in [1.54, 1.807) is 12.2 Å². The third-order valence-corrected chi connectivity index (χ3v) is 11.6. The van der Waals surface area contributed by atoms with Crippen LogP contribution in [0.5, 0.6) is 0 Å². The van der Waals surface area contributed by atoms with Crippen molar-refractivity contribution in [3.05, 3.63) is 69.3 Å². The molecule has 0 aromatic heterocycles. The summed E-state index contributed by atoms with van der Waals surface area (Å²) in [6.07, 6.45) is 4.40.